The van der Waals surface area contributed by atoms with Gasteiger partial charge in [-0.2, -0.15) is 0 Å². The van der Waals surface area contributed by atoms with E-state index in [0.29, 0.717) is 5.69 Å². The minimum absolute atomic E-state index is 0.0457. The number of hydrogen-bond donors (Lipinski definition) is 1. The van der Waals surface area contributed by atoms with E-state index in [4.69, 9.17) is 11.6 Å². The number of rotatable bonds is 3. The third kappa shape index (κ3) is 3.29. The standard InChI is InChI=1S/C14H11ClN2O4/c1-8-3-2-4-10(5-8)16-14(19)11-6-9(15)7-12(13(11)18)17(20)21/h2-7,18H,1H3,(H,16,19)/p-1. The highest BCUT2D eigenvalue weighted by Crippen LogP contribution is 2.31. The van der Waals surface area contributed by atoms with Crippen molar-refractivity contribution in [3.05, 3.63) is 62.7 Å². The Morgan fingerprint density at radius 3 is 2.62 bits per heavy atom. The predicted molar refractivity (Wildman–Crippen MR) is 76.7 cm³/mol. The van der Waals surface area contributed by atoms with Crippen LogP contribution in [-0.2, 0) is 0 Å². The van der Waals surface area contributed by atoms with Crippen molar-refractivity contribution in [2.75, 3.05) is 5.32 Å². The SMILES string of the molecule is Cc1cccc(NC(=O)c2cc(Cl)cc([N+](=O)[O-])c2[O-])c1. The van der Waals surface area contributed by atoms with E-state index in [9.17, 15) is 20.0 Å². The molecule has 2 aromatic rings. The van der Waals surface area contributed by atoms with Gasteiger partial charge in [0.25, 0.3) is 11.6 Å². The third-order valence-electron chi connectivity index (χ3n) is 2.75. The molecule has 0 fully saturated rings. The summed E-state index contributed by atoms with van der Waals surface area (Å²) in [7, 11) is 0. The molecule has 21 heavy (non-hydrogen) atoms. The molecule has 7 heteroatoms. The summed E-state index contributed by atoms with van der Waals surface area (Å²) in [5.41, 5.74) is 0.321. The first-order chi connectivity index (χ1) is 9.88. The van der Waals surface area contributed by atoms with Crippen LogP contribution in [-0.4, -0.2) is 10.8 Å². The van der Waals surface area contributed by atoms with Gasteiger partial charge in [0.05, 0.1) is 4.92 Å². The van der Waals surface area contributed by atoms with Crippen LogP contribution in [0, 0.1) is 17.0 Å². The lowest BCUT2D eigenvalue weighted by molar-refractivity contribution is -0.398. The molecule has 0 radical (unpaired) electrons. The van der Waals surface area contributed by atoms with E-state index in [1.54, 1.807) is 18.2 Å². The predicted octanol–water partition coefficient (Wildman–Crippen LogP) is 2.88. The second kappa shape index (κ2) is 5.80. The monoisotopic (exact) mass is 305 g/mol. The number of carbonyl (C=O) groups excluding carboxylic acids is 1. The summed E-state index contributed by atoms with van der Waals surface area (Å²) < 4.78 is 0. The van der Waals surface area contributed by atoms with E-state index in [0.717, 1.165) is 17.7 Å². The zero-order valence-corrected chi connectivity index (χ0v) is 11.7. The van der Waals surface area contributed by atoms with Gasteiger partial charge in [0, 0.05) is 22.3 Å². The summed E-state index contributed by atoms with van der Waals surface area (Å²) in [5.74, 6) is -1.70. The number of nitro benzene ring substituents is 1. The summed E-state index contributed by atoms with van der Waals surface area (Å²) in [4.78, 5) is 22.0. The molecule has 1 N–H and O–H groups in total. The highest BCUT2D eigenvalue weighted by molar-refractivity contribution is 6.31. The van der Waals surface area contributed by atoms with Crippen LogP contribution in [0.15, 0.2) is 36.4 Å². The fourth-order valence-corrected chi connectivity index (χ4v) is 2.02. The molecule has 6 nitrogen and oxygen atoms in total. The Balaban J connectivity index is 2.37. The molecule has 0 aromatic heterocycles. The lowest BCUT2D eigenvalue weighted by Crippen LogP contribution is -2.15. The topological polar surface area (TPSA) is 95.3 Å². The van der Waals surface area contributed by atoms with Gasteiger partial charge in [0.1, 0.15) is 0 Å². The molecule has 108 valence electrons. The van der Waals surface area contributed by atoms with Crippen molar-refractivity contribution in [1.82, 2.24) is 0 Å². The Hall–Kier alpha value is -2.60. The van der Waals surface area contributed by atoms with Crippen molar-refractivity contribution in [2.24, 2.45) is 0 Å². The second-order valence-corrected chi connectivity index (χ2v) is 4.82. The number of aryl methyl sites for hydroxylation is 1. The average molecular weight is 306 g/mol. The number of nitro groups is 1. The summed E-state index contributed by atoms with van der Waals surface area (Å²) in [6, 6.07) is 8.98. The quantitative estimate of drug-likeness (QED) is 0.696. The Morgan fingerprint density at radius 2 is 2.00 bits per heavy atom. The maximum Gasteiger partial charge on any atom is 0.264 e. The molecule has 1 amide bonds. The summed E-state index contributed by atoms with van der Waals surface area (Å²) in [5, 5.41) is 25.1. The molecule has 0 bridgehead atoms. The van der Waals surface area contributed by atoms with Gasteiger partial charge in [-0.3, -0.25) is 14.9 Å². The van der Waals surface area contributed by atoms with Gasteiger partial charge in [-0.15, -0.1) is 0 Å². The van der Waals surface area contributed by atoms with Crippen LogP contribution in [0.2, 0.25) is 5.02 Å². The van der Waals surface area contributed by atoms with Gasteiger partial charge in [0.15, 0.2) is 0 Å². The summed E-state index contributed by atoms with van der Waals surface area (Å²) in [6.07, 6.45) is 0. The Bertz CT molecular complexity index is 731. The minimum atomic E-state index is -0.963. The van der Waals surface area contributed by atoms with Crippen LogP contribution in [0.3, 0.4) is 0 Å². The van der Waals surface area contributed by atoms with Crippen molar-refractivity contribution >= 4 is 28.9 Å². The molecular formula is C14H10ClN2O4-. The van der Waals surface area contributed by atoms with Crippen LogP contribution < -0.4 is 10.4 Å². The van der Waals surface area contributed by atoms with E-state index in [1.165, 1.54) is 0 Å². The van der Waals surface area contributed by atoms with E-state index in [2.05, 4.69) is 5.32 Å². The molecule has 0 aliphatic rings. The van der Waals surface area contributed by atoms with Gasteiger partial charge in [-0.25, -0.2) is 0 Å². The molecule has 0 spiro atoms. The van der Waals surface area contributed by atoms with Crippen molar-refractivity contribution < 1.29 is 14.8 Å². The first-order valence-corrected chi connectivity index (χ1v) is 6.29. The minimum Gasteiger partial charge on any atom is -0.867 e. The van der Waals surface area contributed by atoms with Crippen molar-refractivity contribution in [1.29, 1.82) is 0 Å². The van der Waals surface area contributed by atoms with Crippen LogP contribution in [0.5, 0.6) is 5.75 Å². The maximum absolute atomic E-state index is 12.1. The molecule has 0 aliphatic carbocycles. The smallest absolute Gasteiger partial charge is 0.264 e. The lowest BCUT2D eigenvalue weighted by atomic mass is 10.1. The van der Waals surface area contributed by atoms with Crippen molar-refractivity contribution in [3.8, 4) is 5.75 Å². The van der Waals surface area contributed by atoms with Gasteiger partial charge in [0.2, 0.25) is 0 Å². The van der Waals surface area contributed by atoms with E-state index in [1.807, 2.05) is 13.0 Å². The number of halogens is 1. The fourth-order valence-electron chi connectivity index (χ4n) is 1.80. The third-order valence-corrected chi connectivity index (χ3v) is 2.97. The molecular weight excluding hydrogens is 296 g/mol. The van der Waals surface area contributed by atoms with Crippen LogP contribution in [0.25, 0.3) is 0 Å². The first-order valence-electron chi connectivity index (χ1n) is 5.91. The van der Waals surface area contributed by atoms with Gasteiger partial charge >= 0.3 is 0 Å². The Morgan fingerprint density at radius 1 is 1.29 bits per heavy atom. The molecule has 0 atom stereocenters. The molecule has 0 saturated heterocycles. The van der Waals surface area contributed by atoms with E-state index >= 15 is 0 Å². The molecule has 0 saturated carbocycles. The molecule has 2 aromatic carbocycles. The number of nitrogens with zero attached hydrogens (tertiary/aromatic N) is 1. The normalized spacial score (nSPS) is 10.2. The van der Waals surface area contributed by atoms with E-state index < -0.39 is 22.3 Å². The van der Waals surface area contributed by atoms with E-state index in [-0.39, 0.29) is 10.6 Å². The summed E-state index contributed by atoms with van der Waals surface area (Å²) >= 11 is 5.72. The van der Waals surface area contributed by atoms with Crippen LogP contribution in [0.4, 0.5) is 11.4 Å². The molecule has 0 unspecified atom stereocenters. The Labute approximate surface area is 125 Å². The highest BCUT2D eigenvalue weighted by atomic mass is 35.5. The number of carbonyl (C=O) groups is 1. The first kappa shape index (κ1) is 14.8. The zero-order chi connectivity index (χ0) is 15.6. The lowest BCUT2D eigenvalue weighted by Gasteiger charge is -2.14. The molecule has 0 aliphatic heterocycles. The molecule has 0 heterocycles. The van der Waals surface area contributed by atoms with Crippen molar-refractivity contribution in [2.45, 2.75) is 6.92 Å². The number of benzene rings is 2. The van der Waals surface area contributed by atoms with Gasteiger partial charge in [-0.05, 0) is 36.4 Å². The van der Waals surface area contributed by atoms with Crippen molar-refractivity contribution in [3.63, 3.8) is 0 Å². The van der Waals surface area contributed by atoms with Gasteiger partial charge < -0.3 is 10.4 Å². The van der Waals surface area contributed by atoms with Crippen LogP contribution in [0.1, 0.15) is 15.9 Å². The van der Waals surface area contributed by atoms with Gasteiger partial charge in [-0.1, -0.05) is 23.7 Å². The largest absolute Gasteiger partial charge is 0.867 e. The zero-order valence-electron chi connectivity index (χ0n) is 10.9. The maximum atomic E-state index is 12.1. The highest BCUT2D eigenvalue weighted by Gasteiger charge is 2.17. The number of amides is 1. The second-order valence-electron chi connectivity index (χ2n) is 4.38. The summed E-state index contributed by atoms with van der Waals surface area (Å²) in [6.45, 7) is 1.85. The number of hydrogen-bond acceptors (Lipinski definition) is 4. The molecule has 2 rings (SSSR count). The Kier molecular flexibility index (Phi) is 4.09. The van der Waals surface area contributed by atoms with Crippen LogP contribution >= 0.6 is 11.6 Å². The fraction of sp³-hybridized carbons (Fsp3) is 0.0714. The number of anilines is 1. The average Bonchev–Trinajstić information content (AvgIpc) is 2.40. The number of nitrogens with one attached hydrogen (secondary N) is 1.